The summed E-state index contributed by atoms with van der Waals surface area (Å²) in [5.41, 5.74) is 1.40. The highest BCUT2D eigenvalue weighted by Crippen LogP contribution is 2.16. The molecule has 0 saturated carbocycles. The molecule has 1 aliphatic rings. The third-order valence-electron chi connectivity index (χ3n) is 2.89. The number of likely N-dealkylation sites (tertiary alicyclic amines) is 1. The van der Waals surface area contributed by atoms with Gasteiger partial charge >= 0.3 is 0 Å². The van der Waals surface area contributed by atoms with E-state index in [0.717, 1.165) is 5.69 Å². The van der Waals surface area contributed by atoms with Crippen molar-refractivity contribution in [3.8, 4) is 0 Å². The number of nitrogens with zero attached hydrogens (tertiary/aromatic N) is 2. The summed E-state index contributed by atoms with van der Waals surface area (Å²) in [4.78, 5) is 13.6. The number of carbonyl (C=O) groups is 1. The molecular weight excluding hydrogens is 206 g/mol. The quantitative estimate of drug-likeness (QED) is 0.777. The van der Waals surface area contributed by atoms with E-state index in [-0.39, 0.29) is 12.0 Å². The van der Waals surface area contributed by atoms with Gasteiger partial charge in [-0.25, -0.2) is 0 Å². The summed E-state index contributed by atoms with van der Waals surface area (Å²) >= 11 is 0. The number of hydrogen-bond acceptors (Lipinski definition) is 3. The Hall–Kier alpha value is -1.36. The number of aromatic amines is 1. The highest BCUT2D eigenvalue weighted by molar-refractivity contribution is 5.92. The van der Waals surface area contributed by atoms with Crippen molar-refractivity contribution in [1.82, 2.24) is 15.1 Å². The average molecular weight is 223 g/mol. The molecule has 2 heterocycles. The first kappa shape index (κ1) is 11.1. The van der Waals surface area contributed by atoms with E-state index < -0.39 is 0 Å². The van der Waals surface area contributed by atoms with Crippen LogP contribution < -0.4 is 0 Å². The number of H-pyrrole nitrogens is 1. The minimum Gasteiger partial charge on any atom is -0.391 e. The first-order chi connectivity index (χ1) is 7.58. The zero-order valence-electron chi connectivity index (χ0n) is 9.60. The van der Waals surface area contributed by atoms with Crippen molar-refractivity contribution < 1.29 is 9.90 Å². The zero-order chi connectivity index (χ0) is 11.7. The molecule has 0 bridgehead atoms. The van der Waals surface area contributed by atoms with Crippen molar-refractivity contribution in [2.24, 2.45) is 0 Å². The Morgan fingerprint density at radius 3 is 2.94 bits per heavy atom. The zero-order valence-corrected chi connectivity index (χ0v) is 9.60. The fourth-order valence-corrected chi connectivity index (χ4v) is 1.83. The fraction of sp³-hybridized carbons (Fsp3) is 0.636. The summed E-state index contributed by atoms with van der Waals surface area (Å²) in [6, 6.07) is 1.79. The molecule has 1 atom stereocenters. The summed E-state index contributed by atoms with van der Waals surface area (Å²) in [6.45, 7) is 5.12. The lowest BCUT2D eigenvalue weighted by atomic mass is 10.1. The second-order valence-electron chi connectivity index (χ2n) is 4.56. The third kappa shape index (κ3) is 2.09. The molecule has 1 fully saturated rings. The van der Waals surface area contributed by atoms with Crippen LogP contribution in [0, 0.1) is 0 Å². The van der Waals surface area contributed by atoms with Crippen LogP contribution >= 0.6 is 0 Å². The number of rotatable bonds is 2. The molecule has 88 valence electrons. The van der Waals surface area contributed by atoms with Crippen molar-refractivity contribution in [2.75, 3.05) is 13.1 Å². The van der Waals surface area contributed by atoms with E-state index in [4.69, 9.17) is 0 Å². The maximum Gasteiger partial charge on any atom is 0.274 e. The number of nitrogens with one attached hydrogen (secondary N) is 1. The number of amides is 1. The van der Waals surface area contributed by atoms with Crippen LogP contribution in [0.25, 0.3) is 0 Å². The van der Waals surface area contributed by atoms with Crippen LogP contribution in [0.2, 0.25) is 0 Å². The second kappa shape index (κ2) is 4.25. The lowest BCUT2D eigenvalue weighted by molar-refractivity contribution is 0.0759. The molecule has 1 aromatic rings. The van der Waals surface area contributed by atoms with Crippen LogP contribution in [0.5, 0.6) is 0 Å². The van der Waals surface area contributed by atoms with Crippen LogP contribution in [0.15, 0.2) is 6.07 Å². The Balaban J connectivity index is 2.09. The summed E-state index contributed by atoms with van der Waals surface area (Å²) in [6.07, 6.45) is 0.278. The van der Waals surface area contributed by atoms with Gasteiger partial charge in [0.1, 0.15) is 5.69 Å². The maximum atomic E-state index is 12.0. The molecule has 1 saturated heterocycles. The second-order valence-corrected chi connectivity index (χ2v) is 4.56. The molecule has 0 aromatic carbocycles. The summed E-state index contributed by atoms with van der Waals surface area (Å²) < 4.78 is 0. The molecular formula is C11H17N3O2. The Morgan fingerprint density at radius 1 is 1.69 bits per heavy atom. The topological polar surface area (TPSA) is 69.2 Å². The van der Waals surface area contributed by atoms with Crippen LogP contribution in [0.1, 0.15) is 42.4 Å². The van der Waals surface area contributed by atoms with E-state index in [1.165, 1.54) is 0 Å². The number of aromatic nitrogens is 2. The third-order valence-corrected chi connectivity index (χ3v) is 2.89. The van der Waals surface area contributed by atoms with Gasteiger partial charge in [0, 0.05) is 18.8 Å². The molecule has 1 amide bonds. The average Bonchev–Trinajstić information content (AvgIpc) is 2.84. The van der Waals surface area contributed by atoms with E-state index in [2.05, 4.69) is 10.2 Å². The van der Waals surface area contributed by atoms with Gasteiger partial charge in [-0.2, -0.15) is 5.10 Å². The van der Waals surface area contributed by atoms with E-state index in [1.807, 2.05) is 13.8 Å². The number of carbonyl (C=O) groups excluding carboxylic acids is 1. The molecule has 0 unspecified atom stereocenters. The molecule has 1 aliphatic heterocycles. The minimum absolute atomic E-state index is 0.0975. The van der Waals surface area contributed by atoms with Gasteiger partial charge in [-0.3, -0.25) is 9.89 Å². The molecule has 0 aliphatic carbocycles. The normalized spacial score (nSPS) is 20.8. The lowest BCUT2D eigenvalue weighted by Crippen LogP contribution is -2.29. The molecule has 0 spiro atoms. The van der Waals surface area contributed by atoms with Crippen molar-refractivity contribution in [3.63, 3.8) is 0 Å². The summed E-state index contributed by atoms with van der Waals surface area (Å²) in [5, 5.41) is 16.2. The van der Waals surface area contributed by atoms with E-state index in [1.54, 1.807) is 11.0 Å². The molecule has 5 nitrogen and oxygen atoms in total. The Kier molecular flexibility index (Phi) is 2.96. The van der Waals surface area contributed by atoms with Gasteiger partial charge in [0.15, 0.2) is 0 Å². The van der Waals surface area contributed by atoms with Gasteiger partial charge < -0.3 is 10.0 Å². The van der Waals surface area contributed by atoms with Crippen LogP contribution in [-0.4, -0.2) is 45.3 Å². The maximum absolute atomic E-state index is 12.0. The van der Waals surface area contributed by atoms with Gasteiger partial charge in [-0.15, -0.1) is 0 Å². The van der Waals surface area contributed by atoms with E-state index >= 15 is 0 Å². The smallest absolute Gasteiger partial charge is 0.274 e. The molecule has 2 rings (SSSR count). The van der Waals surface area contributed by atoms with Crippen LogP contribution in [0.4, 0.5) is 0 Å². The van der Waals surface area contributed by atoms with E-state index in [9.17, 15) is 9.90 Å². The number of β-amino-alcohol motifs (C(OH)–C–C–N with tert-alkyl or cyclic N) is 1. The Morgan fingerprint density at radius 2 is 2.44 bits per heavy atom. The minimum atomic E-state index is -0.382. The number of aliphatic hydroxyl groups excluding tert-OH is 1. The highest BCUT2D eigenvalue weighted by atomic mass is 16.3. The van der Waals surface area contributed by atoms with Gasteiger partial charge in [-0.05, 0) is 18.4 Å². The van der Waals surface area contributed by atoms with Crippen molar-refractivity contribution in [1.29, 1.82) is 0 Å². The predicted octanol–water partition coefficient (Wildman–Crippen LogP) is 0.740. The molecule has 2 N–H and O–H groups in total. The van der Waals surface area contributed by atoms with Crippen LogP contribution in [0.3, 0.4) is 0 Å². The van der Waals surface area contributed by atoms with Crippen molar-refractivity contribution in [3.05, 3.63) is 17.5 Å². The molecule has 5 heteroatoms. The molecule has 0 radical (unpaired) electrons. The standard InChI is InChI=1S/C11H17N3O2/c1-7(2)9-5-10(13-12-9)11(16)14-4-3-8(15)6-14/h5,7-8,15H,3-4,6H2,1-2H3,(H,12,13)/t8-/m1/s1. The summed E-state index contributed by atoms with van der Waals surface area (Å²) in [5.74, 6) is 0.234. The molecule has 1 aromatic heterocycles. The number of hydrogen-bond donors (Lipinski definition) is 2. The first-order valence-electron chi connectivity index (χ1n) is 5.60. The van der Waals surface area contributed by atoms with Crippen molar-refractivity contribution in [2.45, 2.75) is 32.3 Å². The highest BCUT2D eigenvalue weighted by Gasteiger charge is 2.26. The number of aliphatic hydroxyl groups is 1. The van der Waals surface area contributed by atoms with Gasteiger partial charge in [-0.1, -0.05) is 13.8 Å². The van der Waals surface area contributed by atoms with E-state index in [0.29, 0.717) is 31.1 Å². The van der Waals surface area contributed by atoms with Gasteiger partial charge in [0.2, 0.25) is 0 Å². The largest absolute Gasteiger partial charge is 0.391 e. The SMILES string of the molecule is CC(C)c1cc(C(=O)N2CC[C@@H](O)C2)n[nH]1. The van der Waals surface area contributed by atoms with Crippen molar-refractivity contribution >= 4 is 5.91 Å². The monoisotopic (exact) mass is 223 g/mol. The Bertz CT molecular complexity index is 386. The predicted molar refractivity (Wildman–Crippen MR) is 59.2 cm³/mol. The lowest BCUT2D eigenvalue weighted by Gasteiger charge is -2.13. The molecule has 16 heavy (non-hydrogen) atoms. The Labute approximate surface area is 94.5 Å². The van der Waals surface area contributed by atoms with Crippen LogP contribution in [-0.2, 0) is 0 Å². The summed E-state index contributed by atoms with van der Waals surface area (Å²) in [7, 11) is 0. The fourth-order valence-electron chi connectivity index (χ4n) is 1.83. The van der Waals surface area contributed by atoms with Gasteiger partial charge in [0.05, 0.1) is 6.10 Å². The first-order valence-corrected chi connectivity index (χ1v) is 5.60. The van der Waals surface area contributed by atoms with Gasteiger partial charge in [0.25, 0.3) is 5.91 Å².